The first-order valence-electron chi connectivity index (χ1n) is 12.9. The summed E-state index contributed by atoms with van der Waals surface area (Å²) in [4.78, 5) is 43.5. The number of aromatic nitrogens is 1. The molecule has 0 aliphatic carbocycles. The van der Waals surface area contributed by atoms with E-state index in [4.69, 9.17) is 9.47 Å². The Kier molecular flexibility index (Phi) is 7.14. The molecule has 3 unspecified atom stereocenters. The third-order valence-corrected chi connectivity index (χ3v) is 9.87. The number of amides is 2. The summed E-state index contributed by atoms with van der Waals surface area (Å²) in [5, 5.41) is -0.619. The molecule has 7 nitrogen and oxygen atoms in total. The van der Waals surface area contributed by atoms with Crippen molar-refractivity contribution in [1.82, 2.24) is 4.98 Å². The average Bonchev–Trinajstić information content (AvgIpc) is 3.46. The van der Waals surface area contributed by atoms with Gasteiger partial charge in [0.05, 0.1) is 29.3 Å². The normalized spacial score (nSPS) is 19.9. The third-order valence-electron chi connectivity index (χ3n) is 7.47. The number of para-hydroxylation sites is 1. The van der Waals surface area contributed by atoms with Gasteiger partial charge in [0.15, 0.2) is 11.5 Å². The number of thiazole rings is 1. The van der Waals surface area contributed by atoms with Crippen molar-refractivity contribution in [3.05, 3.63) is 104 Å². The van der Waals surface area contributed by atoms with E-state index in [0.29, 0.717) is 31.9 Å². The van der Waals surface area contributed by atoms with Gasteiger partial charge in [-0.1, -0.05) is 65.6 Å². The number of anilines is 1. The van der Waals surface area contributed by atoms with Crippen molar-refractivity contribution in [2.75, 3.05) is 12.0 Å². The first-order valence-corrected chi connectivity index (χ1v) is 14.6. The number of carbonyl (C=O) groups excluding carboxylic acids is 2. The first-order chi connectivity index (χ1) is 20.1. The summed E-state index contributed by atoms with van der Waals surface area (Å²) in [7, 11) is 1.47. The molecule has 2 aliphatic heterocycles. The van der Waals surface area contributed by atoms with Crippen LogP contribution in [0.4, 0.5) is 18.9 Å². The molecule has 3 aromatic carbocycles. The van der Waals surface area contributed by atoms with Gasteiger partial charge in [0.25, 0.3) is 0 Å². The van der Waals surface area contributed by atoms with Crippen molar-refractivity contribution in [2.45, 2.75) is 35.9 Å². The number of carbonyl (C=O) groups is 2. The van der Waals surface area contributed by atoms with Crippen LogP contribution in [0.15, 0.2) is 76.6 Å². The van der Waals surface area contributed by atoms with Gasteiger partial charge in [-0.2, -0.15) is 13.2 Å². The molecule has 0 bridgehead atoms. The minimum absolute atomic E-state index is 0.289. The smallest absolute Gasteiger partial charge is 0.418 e. The predicted molar refractivity (Wildman–Crippen MR) is 152 cm³/mol. The van der Waals surface area contributed by atoms with Gasteiger partial charge >= 0.3 is 11.0 Å². The molecule has 6 rings (SSSR count). The summed E-state index contributed by atoms with van der Waals surface area (Å²) < 4.78 is 53.3. The summed E-state index contributed by atoms with van der Waals surface area (Å²) >= 11 is 1.91. The Morgan fingerprint density at radius 1 is 0.952 bits per heavy atom. The number of benzene rings is 3. The molecule has 1 N–H and O–H groups in total. The number of aryl methyl sites for hydroxylation is 1. The lowest BCUT2D eigenvalue weighted by Crippen LogP contribution is -2.33. The maximum absolute atomic E-state index is 13.9. The number of thioether (sulfide) groups is 1. The zero-order valence-electron chi connectivity index (χ0n) is 22.2. The summed E-state index contributed by atoms with van der Waals surface area (Å²) in [6, 6.07) is 17.4. The van der Waals surface area contributed by atoms with Crippen LogP contribution in [0.1, 0.15) is 33.0 Å². The molecule has 1 fully saturated rings. The molecule has 0 radical (unpaired) electrons. The summed E-state index contributed by atoms with van der Waals surface area (Å²) in [5.41, 5.74) is 1.03. The van der Waals surface area contributed by atoms with E-state index in [2.05, 4.69) is 4.98 Å². The molecule has 0 spiro atoms. The van der Waals surface area contributed by atoms with Crippen LogP contribution in [0.25, 0.3) is 0 Å². The van der Waals surface area contributed by atoms with Crippen LogP contribution in [0.3, 0.4) is 0 Å². The lowest BCUT2D eigenvalue weighted by Gasteiger charge is -2.30. The summed E-state index contributed by atoms with van der Waals surface area (Å²) in [5.74, 6) is -2.54. The van der Waals surface area contributed by atoms with Gasteiger partial charge in [-0.25, -0.2) is 4.90 Å². The molecule has 1 aromatic heterocycles. The number of aromatic amines is 1. The Bertz CT molecular complexity index is 1770. The minimum atomic E-state index is -4.78. The number of hydrogen-bond acceptors (Lipinski definition) is 7. The highest BCUT2D eigenvalue weighted by molar-refractivity contribution is 8.00. The van der Waals surface area contributed by atoms with E-state index in [0.717, 1.165) is 46.4 Å². The molecular formula is C30H23F3N2O5S2. The fourth-order valence-electron chi connectivity index (χ4n) is 5.45. The zero-order chi connectivity index (χ0) is 29.8. The number of H-pyrrole nitrogens is 1. The van der Waals surface area contributed by atoms with Crippen LogP contribution >= 0.6 is 23.1 Å². The van der Waals surface area contributed by atoms with Crippen molar-refractivity contribution in [1.29, 1.82) is 0 Å². The number of rotatable bonds is 6. The Morgan fingerprint density at radius 3 is 2.43 bits per heavy atom. The van der Waals surface area contributed by atoms with Gasteiger partial charge in [-0.3, -0.25) is 14.4 Å². The Morgan fingerprint density at radius 2 is 1.69 bits per heavy atom. The van der Waals surface area contributed by atoms with E-state index >= 15 is 0 Å². The van der Waals surface area contributed by atoms with Gasteiger partial charge in [0.1, 0.15) is 11.9 Å². The lowest BCUT2D eigenvalue weighted by atomic mass is 9.83. The molecule has 4 aromatic rings. The van der Waals surface area contributed by atoms with Gasteiger partial charge < -0.3 is 14.5 Å². The number of methoxy groups -OCH3 is 1. The van der Waals surface area contributed by atoms with Crippen molar-refractivity contribution >= 4 is 40.6 Å². The standard InChI is InChI=1S/C30H23F3N2O5S2/c1-15-7-3-4-8-17(15)14-40-20-12-11-16(13-21(20)39-2)22-23-25(41-26-24(22)42-29(38)34-26)28(37)35(27(23)36)19-10-6-5-9-18(19)30(31,32)33/h3-13,22-23,25H,14H2,1-2H3,(H,34,38). The second-order valence-corrected chi connectivity index (χ2v) is 12.1. The van der Waals surface area contributed by atoms with Gasteiger partial charge in [-0.05, 0) is 47.9 Å². The monoisotopic (exact) mass is 612 g/mol. The topological polar surface area (TPSA) is 88.7 Å². The summed E-state index contributed by atoms with van der Waals surface area (Å²) in [6.07, 6.45) is -4.78. The number of halogens is 3. The van der Waals surface area contributed by atoms with E-state index < -0.39 is 46.3 Å². The molecular weight excluding hydrogens is 589 g/mol. The van der Waals surface area contributed by atoms with E-state index in [1.54, 1.807) is 18.2 Å². The van der Waals surface area contributed by atoms with Gasteiger partial charge in [0.2, 0.25) is 11.8 Å². The molecule has 0 saturated carbocycles. The molecule has 42 heavy (non-hydrogen) atoms. The van der Waals surface area contributed by atoms with Crippen molar-refractivity contribution in [3.8, 4) is 11.5 Å². The molecule has 2 aliphatic rings. The zero-order valence-corrected chi connectivity index (χ0v) is 23.9. The Hall–Kier alpha value is -4.03. The van der Waals surface area contributed by atoms with E-state index in [9.17, 15) is 27.6 Å². The molecule has 3 heterocycles. The lowest BCUT2D eigenvalue weighted by molar-refractivity contribution is -0.137. The quantitative estimate of drug-likeness (QED) is 0.263. The largest absolute Gasteiger partial charge is 0.493 e. The fraction of sp³-hybridized carbons (Fsp3) is 0.233. The third kappa shape index (κ3) is 4.78. The Labute approximate surface area is 246 Å². The fourth-order valence-corrected chi connectivity index (χ4v) is 7.96. The van der Waals surface area contributed by atoms with Crippen LogP contribution in [0.2, 0.25) is 0 Å². The van der Waals surface area contributed by atoms with Gasteiger partial charge in [-0.15, -0.1) is 0 Å². The number of ether oxygens (including phenoxy) is 2. The van der Waals surface area contributed by atoms with Crippen molar-refractivity contribution < 1.29 is 32.2 Å². The second kappa shape index (κ2) is 10.7. The van der Waals surface area contributed by atoms with E-state index in [1.165, 1.54) is 19.2 Å². The molecule has 2 amide bonds. The number of hydrogen-bond donors (Lipinski definition) is 1. The molecule has 216 valence electrons. The van der Waals surface area contributed by atoms with Crippen LogP contribution in [-0.2, 0) is 22.4 Å². The van der Waals surface area contributed by atoms with Crippen LogP contribution in [0, 0.1) is 12.8 Å². The van der Waals surface area contributed by atoms with Crippen molar-refractivity contribution in [3.63, 3.8) is 0 Å². The maximum atomic E-state index is 13.9. The minimum Gasteiger partial charge on any atom is -0.493 e. The number of imide groups is 1. The molecule has 3 atom stereocenters. The van der Waals surface area contributed by atoms with Gasteiger partial charge in [0, 0.05) is 10.8 Å². The average molecular weight is 613 g/mol. The number of nitrogens with one attached hydrogen (secondary N) is 1. The molecule has 1 saturated heterocycles. The van der Waals surface area contributed by atoms with E-state index in [-0.39, 0.29) is 11.5 Å². The highest BCUT2D eigenvalue weighted by atomic mass is 32.2. The van der Waals surface area contributed by atoms with Crippen LogP contribution < -0.4 is 19.2 Å². The second-order valence-electron chi connectivity index (χ2n) is 9.90. The summed E-state index contributed by atoms with van der Waals surface area (Å²) in [6.45, 7) is 2.27. The van der Waals surface area contributed by atoms with Crippen LogP contribution in [-0.4, -0.2) is 29.2 Å². The first kappa shape index (κ1) is 28.1. The van der Waals surface area contributed by atoms with Crippen LogP contribution in [0.5, 0.6) is 11.5 Å². The van der Waals surface area contributed by atoms with Crippen molar-refractivity contribution in [2.24, 2.45) is 5.92 Å². The molecule has 12 heteroatoms. The number of alkyl halides is 3. The number of fused-ring (bicyclic) bond motifs is 2. The highest BCUT2D eigenvalue weighted by Crippen LogP contribution is 2.54. The highest BCUT2D eigenvalue weighted by Gasteiger charge is 2.57. The Balaban J connectivity index is 1.40. The maximum Gasteiger partial charge on any atom is 0.418 e. The SMILES string of the molecule is COc1cc(C2c3sc(=O)[nH]c3SC3C(=O)N(c4ccccc4C(F)(F)F)C(=O)C32)ccc1OCc1ccccc1C. The van der Waals surface area contributed by atoms with E-state index in [1.807, 2.05) is 31.2 Å². The predicted octanol–water partition coefficient (Wildman–Crippen LogP) is 6.15. The number of nitrogens with zero attached hydrogens (tertiary/aromatic N) is 1.